The van der Waals surface area contributed by atoms with Gasteiger partial charge in [-0.05, 0) is 24.4 Å². The lowest BCUT2D eigenvalue weighted by atomic mass is 10.1. The highest BCUT2D eigenvalue weighted by atomic mass is 16.5. The SMILES string of the molecule is COC(=O)c1oc2c(ccc3cc(C)ncc32)c1O. The van der Waals surface area contributed by atoms with Crippen LogP contribution in [-0.4, -0.2) is 23.2 Å². The second-order valence-corrected chi connectivity index (χ2v) is 4.26. The van der Waals surface area contributed by atoms with E-state index in [1.165, 1.54) is 7.11 Å². The van der Waals surface area contributed by atoms with Crippen LogP contribution < -0.4 is 0 Å². The average Bonchev–Trinajstić information content (AvgIpc) is 2.75. The number of esters is 1. The van der Waals surface area contributed by atoms with E-state index < -0.39 is 5.97 Å². The summed E-state index contributed by atoms with van der Waals surface area (Å²) in [6, 6.07) is 5.47. The van der Waals surface area contributed by atoms with Gasteiger partial charge >= 0.3 is 5.97 Å². The number of rotatable bonds is 1. The number of benzene rings is 1. The number of ether oxygens (including phenoxy) is 1. The molecule has 0 aliphatic heterocycles. The summed E-state index contributed by atoms with van der Waals surface area (Å²) >= 11 is 0. The van der Waals surface area contributed by atoms with E-state index in [-0.39, 0.29) is 11.5 Å². The quantitative estimate of drug-likeness (QED) is 0.678. The van der Waals surface area contributed by atoms with Crippen molar-refractivity contribution < 1.29 is 19.1 Å². The molecule has 2 aromatic heterocycles. The van der Waals surface area contributed by atoms with E-state index in [0.29, 0.717) is 11.0 Å². The Morgan fingerprint density at radius 3 is 2.89 bits per heavy atom. The number of aromatic hydroxyl groups is 1. The first-order chi connectivity index (χ1) is 9.11. The van der Waals surface area contributed by atoms with Gasteiger partial charge in [-0.15, -0.1) is 0 Å². The monoisotopic (exact) mass is 257 g/mol. The smallest absolute Gasteiger partial charge is 0.377 e. The van der Waals surface area contributed by atoms with Crippen molar-refractivity contribution in [3.05, 3.63) is 35.9 Å². The number of aryl methyl sites for hydroxylation is 1. The molecule has 1 N–H and O–H groups in total. The third kappa shape index (κ3) is 1.62. The Hall–Kier alpha value is -2.56. The van der Waals surface area contributed by atoms with Crippen LogP contribution in [0.15, 0.2) is 28.8 Å². The molecule has 5 nitrogen and oxygen atoms in total. The Morgan fingerprint density at radius 1 is 1.37 bits per heavy atom. The van der Waals surface area contributed by atoms with Gasteiger partial charge in [0.05, 0.1) is 12.5 Å². The first-order valence-electron chi connectivity index (χ1n) is 5.71. The minimum atomic E-state index is -0.707. The fourth-order valence-corrected chi connectivity index (χ4v) is 2.10. The lowest BCUT2D eigenvalue weighted by Crippen LogP contribution is -1.98. The number of fused-ring (bicyclic) bond motifs is 3. The molecule has 2 heterocycles. The van der Waals surface area contributed by atoms with E-state index in [1.807, 2.05) is 19.1 Å². The van der Waals surface area contributed by atoms with Gasteiger partial charge in [-0.1, -0.05) is 6.07 Å². The molecule has 0 bridgehead atoms. The first-order valence-corrected chi connectivity index (χ1v) is 5.71. The van der Waals surface area contributed by atoms with Crippen LogP contribution in [0.5, 0.6) is 5.75 Å². The molecule has 0 amide bonds. The predicted molar refractivity (Wildman–Crippen MR) is 69.3 cm³/mol. The summed E-state index contributed by atoms with van der Waals surface area (Å²) in [6.07, 6.45) is 1.66. The maximum absolute atomic E-state index is 11.5. The fraction of sp³-hybridized carbons (Fsp3) is 0.143. The molecule has 0 saturated heterocycles. The van der Waals surface area contributed by atoms with E-state index in [4.69, 9.17) is 4.42 Å². The van der Waals surface area contributed by atoms with Crippen molar-refractivity contribution in [3.63, 3.8) is 0 Å². The van der Waals surface area contributed by atoms with Crippen molar-refractivity contribution in [2.75, 3.05) is 7.11 Å². The van der Waals surface area contributed by atoms with Gasteiger partial charge in [0, 0.05) is 17.3 Å². The largest absolute Gasteiger partial charge is 0.504 e. The Labute approximate surface area is 108 Å². The second-order valence-electron chi connectivity index (χ2n) is 4.26. The summed E-state index contributed by atoms with van der Waals surface area (Å²) in [5.74, 6) is -1.10. The van der Waals surface area contributed by atoms with E-state index in [0.717, 1.165) is 16.5 Å². The molecule has 3 aromatic rings. The Balaban J connectivity index is 2.40. The van der Waals surface area contributed by atoms with Crippen molar-refractivity contribution in [3.8, 4) is 5.75 Å². The maximum Gasteiger partial charge on any atom is 0.377 e. The van der Waals surface area contributed by atoms with Gasteiger partial charge in [-0.25, -0.2) is 4.79 Å². The lowest BCUT2D eigenvalue weighted by molar-refractivity contribution is 0.0563. The predicted octanol–water partition coefficient (Wildman–Crippen LogP) is 2.78. The molecule has 0 aliphatic rings. The highest BCUT2D eigenvalue weighted by Crippen LogP contribution is 2.36. The molecule has 1 aromatic carbocycles. The summed E-state index contributed by atoms with van der Waals surface area (Å²) in [6.45, 7) is 1.89. The molecular weight excluding hydrogens is 246 g/mol. The van der Waals surface area contributed by atoms with Crippen molar-refractivity contribution in [2.45, 2.75) is 6.92 Å². The van der Waals surface area contributed by atoms with Crippen LogP contribution in [0.25, 0.3) is 21.7 Å². The maximum atomic E-state index is 11.5. The van der Waals surface area contributed by atoms with Crippen LogP contribution in [0.3, 0.4) is 0 Å². The molecular formula is C14H11NO4. The Kier molecular flexibility index (Phi) is 2.41. The van der Waals surface area contributed by atoms with Crippen molar-refractivity contribution >= 4 is 27.7 Å². The van der Waals surface area contributed by atoms with E-state index in [1.54, 1.807) is 12.3 Å². The zero-order chi connectivity index (χ0) is 13.6. The van der Waals surface area contributed by atoms with Crippen LogP contribution in [0.1, 0.15) is 16.2 Å². The third-order valence-corrected chi connectivity index (χ3v) is 3.04. The number of furan rings is 1. The van der Waals surface area contributed by atoms with Gasteiger partial charge in [-0.2, -0.15) is 0 Å². The fourth-order valence-electron chi connectivity index (χ4n) is 2.10. The van der Waals surface area contributed by atoms with E-state index in [2.05, 4.69) is 9.72 Å². The lowest BCUT2D eigenvalue weighted by Gasteiger charge is -1.99. The highest BCUT2D eigenvalue weighted by Gasteiger charge is 2.22. The number of carbonyl (C=O) groups is 1. The summed E-state index contributed by atoms with van der Waals surface area (Å²) in [4.78, 5) is 15.7. The van der Waals surface area contributed by atoms with Crippen LogP contribution in [0, 0.1) is 6.92 Å². The normalized spacial score (nSPS) is 11.1. The van der Waals surface area contributed by atoms with Gasteiger partial charge in [0.1, 0.15) is 5.58 Å². The summed E-state index contributed by atoms with van der Waals surface area (Å²) in [7, 11) is 1.23. The number of pyridine rings is 1. The third-order valence-electron chi connectivity index (χ3n) is 3.04. The molecule has 5 heteroatoms. The van der Waals surface area contributed by atoms with Crippen molar-refractivity contribution in [1.82, 2.24) is 4.98 Å². The standard InChI is InChI=1S/C14H11NO4/c1-7-5-8-3-4-9-11(16)13(14(17)18-2)19-12(9)10(8)6-15-7/h3-6,16H,1-2H3. The minimum Gasteiger partial charge on any atom is -0.504 e. The molecule has 0 spiro atoms. The molecule has 96 valence electrons. The number of nitrogens with zero attached hydrogens (tertiary/aromatic N) is 1. The number of hydrogen-bond acceptors (Lipinski definition) is 5. The first kappa shape index (κ1) is 11.5. The van der Waals surface area contributed by atoms with Gasteiger partial charge in [-0.3, -0.25) is 4.98 Å². The van der Waals surface area contributed by atoms with Crippen LogP contribution in [0.2, 0.25) is 0 Å². The topological polar surface area (TPSA) is 72.6 Å². The van der Waals surface area contributed by atoms with Crippen LogP contribution >= 0.6 is 0 Å². The summed E-state index contributed by atoms with van der Waals surface area (Å²) in [5.41, 5.74) is 1.32. The molecule has 0 unspecified atom stereocenters. The molecule has 0 atom stereocenters. The number of aromatic nitrogens is 1. The molecule has 19 heavy (non-hydrogen) atoms. The minimum absolute atomic E-state index is 0.189. The average molecular weight is 257 g/mol. The molecule has 0 saturated carbocycles. The molecule has 3 rings (SSSR count). The summed E-state index contributed by atoms with van der Waals surface area (Å²) in [5, 5.41) is 12.1. The number of carbonyl (C=O) groups excluding carboxylic acids is 1. The zero-order valence-corrected chi connectivity index (χ0v) is 10.4. The van der Waals surface area contributed by atoms with Crippen LogP contribution in [-0.2, 0) is 4.74 Å². The second kappa shape index (κ2) is 3.98. The van der Waals surface area contributed by atoms with E-state index >= 15 is 0 Å². The van der Waals surface area contributed by atoms with Gasteiger partial charge < -0.3 is 14.3 Å². The molecule has 0 fully saturated rings. The van der Waals surface area contributed by atoms with Crippen molar-refractivity contribution in [2.24, 2.45) is 0 Å². The Bertz CT molecular complexity index is 804. The van der Waals surface area contributed by atoms with Gasteiger partial charge in [0.15, 0.2) is 5.75 Å². The Morgan fingerprint density at radius 2 is 2.16 bits per heavy atom. The van der Waals surface area contributed by atoms with Crippen molar-refractivity contribution in [1.29, 1.82) is 0 Å². The number of hydrogen-bond donors (Lipinski definition) is 1. The van der Waals surface area contributed by atoms with Crippen LogP contribution in [0.4, 0.5) is 0 Å². The number of methoxy groups -OCH3 is 1. The van der Waals surface area contributed by atoms with Gasteiger partial charge in [0.25, 0.3) is 5.76 Å². The molecule has 0 radical (unpaired) electrons. The summed E-state index contributed by atoms with van der Waals surface area (Å²) < 4.78 is 10.0. The van der Waals surface area contributed by atoms with E-state index in [9.17, 15) is 9.90 Å². The molecule has 0 aliphatic carbocycles. The zero-order valence-electron chi connectivity index (χ0n) is 10.4. The van der Waals surface area contributed by atoms with Gasteiger partial charge in [0.2, 0.25) is 0 Å². The highest BCUT2D eigenvalue weighted by molar-refractivity contribution is 6.09.